The zero-order chi connectivity index (χ0) is 12.1. The lowest BCUT2D eigenvalue weighted by molar-refractivity contribution is -0.140. The minimum Gasteiger partial charge on any atom is -0.481 e. The first-order chi connectivity index (χ1) is 7.52. The third-order valence-corrected chi connectivity index (χ3v) is 2.34. The van der Waals surface area contributed by atoms with Crippen LogP contribution in [0.1, 0.15) is 17.9 Å². The van der Waals surface area contributed by atoms with Crippen LogP contribution in [0, 0.1) is 0 Å². The number of carboxylic acid groups (broad SMARTS) is 2. The minimum absolute atomic E-state index is 0.294. The van der Waals surface area contributed by atoms with Gasteiger partial charge in [0.25, 0.3) is 0 Å². The Morgan fingerprint density at radius 1 is 1.19 bits per heavy atom. The van der Waals surface area contributed by atoms with Crippen molar-refractivity contribution in [3.63, 3.8) is 0 Å². The Hall–Kier alpha value is -1.88. The molecule has 2 atom stereocenters. The topological polar surface area (TPSA) is 101 Å². The summed E-state index contributed by atoms with van der Waals surface area (Å²) in [6.07, 6.45) is -0.294. The van der Waals surface area contributed by atoms with Crippen LogP contribution in [0.5, 0.6) is 0 Å². The average molecular weight is 223 g/mol. The highest BCUT2D eigenvalue weighted by atomic mass is 16.4. The highest BCUT2D eigenvalue weighted by molar-refractivity contribution is 5.77. The summed E-state index contributed by atoms with van der Waals surface area (Å²) in [4.78, 5) is 21.4. The van der Waals surface area contributed by atoms with E-state index in [-0.39, 0.29) is 6.42 Å². The van der Waals surface area contributed by atoms with Gasteiger partial charge in [-0.2, -0.15) is 0 Å². The molecule has 0 saturated heterocycles. The lowest BCUT2D eigenvalue weighted by Gasteiger charge is -2.19. The summed E-state index contributed by atoms with van der Waals surface area (Å²) in [7, 11) is 0. The average Bonchev–Trinajstić information content (AvgIpc) is 2.26. The molecule has 0 aliphatic carbocycles. The summed E-state index contributed by atoms with van der Waals surface area (Å²) >= 11 is 0. The molecule has 0 fully saturated rings. The van der Waals surface area contributed by atoms with Crippen LogP contribution in [-0.2, 0) is 9.59 Å². The van der Waals surface area contributed by atoms with Crippen molar-refractivity contribution in [1.82, 2.24) is 0 Å². The smallest absolute Gasteiger partial charge is 0.321 e. The van der Waals surface area contributed by atoms with Crippen molar-refractivity contribution < 1.29 is 19.8 Å². The van der Waals surface area contributed by atoms with Crippen LogP contribution in [-0.4, -0.2) is 28.2 Å². The van der Waals surface area contributed by atoms with Crippen LogP contribution < -0.4 is 5.73 Å². The lowest BCUT2D eigenvalue weighted by Crippen LogP contribution is -2.37. The molecule has 16 heavy (non-hydrogen) atoms. The summed E-state index contributed by atoms with van der Waals surface area (Å²) in [5, 5.41) is 17.5. The standard InChI is InChI=1S/C11H13NO4/c12-10(11(15)16)8(6-9(13)14)7-4-2-1-3-5-7/h1-5,8,10H,6,12H2,(H,13,14)(H,15,16)/t8-,10+/m1/s1. The molecular weight excluding hydrogens is 210 g/mol. The Labute approximate surface area is 92.5 Å². The molecule has 0 heterocycles. The van der Waals surface area contributed by atoms with E-state index in [1.807, 2.05) is 0 Å². The van der Waals surface area contributed by atoms with Gasteiger partial charge in [-0.15, -0.1) is 0 Å². The van der Waals surface area contributed by atoms with Gasteiger partial charge in [-0.25, -0.2) is 0 Å². The SMILES string of the molecule is N[C@H](C(=O)O)[C@H](CC(=O)O)c1ccccc1. The van der Waals surface area contributed by atoms with E-state index in [1.54, 1.807) is 30.3 Å². The largest absolute Gasteiger partial charge is 0.481 e. The van der Waals surface area contributed by atoms with Gasteiger partial charge in [0.2, 0.25) is 0 Å². The fourth-order valence-electron chi connectivity index (χ4n) is 1.51. The van der Waals surface area contributed by atoms with E-state index in [2.05, 4.69) is 0 Å². The molecule has 4 N–H and O–H groups in total. The normalized spacial score (nSPS) is 14.1. The van der Waals surface area contributed by atoms with Crippen molar-refractivity contribution >= 4 is 11.9 Å². The molecule has 0 aliphatic heterocycles. The first-order valence-electron chi connectivity index (χ1n) is 4.77. The number of carbonyl (C=O) groups is 2. The Morgan fingerprint density at radius 2 is 1.75 bits per heavy atom. The van der Waals surface area contributed by atoms with Gasteiger partial charge in [0.1, 0.15) is 6.04 Å². The highest BCUT2D eigenvalue weighted by Crippen LogP contribution is 2.22. The summed E-state index contributed by atoms with van der Waals surface area (Å²) in [6, 6.07) is 7.36. The molecule has 1 aromatic carbocycles. The molecule has 5 nitrogen and oxygen atoms in total. The molecule has 0 saturated carbocycles. The Kier molecular flexibility index (Phi) is 4.02. The quantitative estimate of drug-likeness (QED) is 0.680. The van der Waals surface area contributed by atoms with Gasteiger partial charge < -0.3 is 15.9 Å². The van der Waals surface area contributed by atoms with Crippen molar-refractivity contribution in [2.45, 2.75) is 18.4 Å². The fraction of sp³-hybridized carbons (Fsp3) is 0.273. The predicted octanol–water partition coefficient (Wildman–Crippen LogP) is 0.657. The maximum atomic E-state index is 10.8. The van der Waals surface area contributed by atoms with Crippen LogP contribution >= 0.6 is 0 Å². The molecule has 0 aliphatic rings. The molecule has 0 aromatic heterocycles. The van der Waals surface area contributed by atoms with Crippen molar-refractivity contribution in [1.29, 1.82) is 0 Å². The van der Waals surface area contributed by atoms with Crippen LogP contribution in [0.15, 0.2) is 30.3 Å². The molecule has 5 heteroatoms. The number of hydrogen-bond acceptors (Lipinski definition) is 3. The van der Waals surface area contributed by atoms with Gasteiger partial charge >= 0.3 is 11.9 Å². The Bertz CT molecular complexity index is 377. The number of aliphatic carboxylic acids is 2. The monoisotopic (exact) mass is 223 g/mol. The second kappa shape index (κ2) is 5.27. The molecule has 0 unspecified atom stereocenters. The van der Waals surface area contributed by atoms with Gasteiger partial charge in [-0.05, 0) is 5.56 Å². The van der Waals surface area contributed by atoms with E-state index in [9.17, 15) is 9.59 Å². The number of carboxylic acids is 2. The number of hydrogen-bond donors (Lipinski definition) is 3. The summed E-state index contributed by atoms with van der Waals surface area (Å²) in [6.45, 7) is 0. The lowest BCUT2D eigenvalue weighted by atomic mass is 9.89. The van der Waals surface area contributed by atoms with Gasteiger partial charge in [-0.1, -0.05) is 30.3 Å². The Morgan fingerprint density at radius 3 is 2.19 bits per heavy atom. The summed E-state index contributed by atoms with van der Waals surface area (Å²) < 4.78 is 0. The van der Waals surface area contributed by atoms with E-state index >= 15 is 0 Å². The molecule has 86 valence electrons. The highest BCUT2D eigenvalue weighted by Gasteiger charge is 2.27. The van der Waals surface area contributed by atoms with Crippen molar-refractivity contribution in [2.75, 3.05) is 0 Å². The molecule has 0 bridgehead atoms. The first kappa shape index (κ1) is 12.2. The number of benzene rings is 1. The van der Waals surface area contributed by atoms with Crippen molar-refractivity contribution in [3.8, 4) is 0 Å². The molecule has 1 aromatic rings. The van der Waals surface area contributed by atoms with E-state index < -0.39 is 23.9 Å². The van der Waals surface area contributed by atoms with Gasteiger partial charge in [-0.3, -0.25) is 9.59 Å². The second-order valence-corrected chi connectivity index (χ2v) is 3.48. The molecule has 0 amide bonds. The fourth-order valence-corrected chi connectivity index (χ4v) is 1.51. The molecule has 0 spiro atoms. The van der Waals surface area contributed by atoms with E-state index in [0.29, 0.717) is 5.56 Å². The van der Waals surface area contributed by atoms with E-state index in [4.69, 9.17) is 15.9 Å². The molecule has 1 rings (SSSR count). The Balaban J connectivity index is 2.96. The summed E-state index contributed by atoms with van der Waals surface area (Å²) in [5.41, 5.74) is 6.10. The van der Waals surface area contributed by atoms with Crippen molar-refractivity contribution in [2.24, 2.45) is 5.73 Å². The first-order valence-corrected chi connectivity index (χ1v) is 4.77. The minimum atomic E-state index is -1.21. The zero-order valence-corrected chi connectivity index (χ0v) is 8.54. The third-order valence-electron chi connectivity index (χ3n) is 2.34. The van der Waals surface area contributed by atoms with Gasteiger partial charge in [0, 0.05) is 5.92 Å². The molecular formula is C11H13NO4. The van der Waals surface area contributed by atoms with Gasteiger partial charge in [0.15, 0.2) is 0 Å². The van der Waals surface area contributed by atoms with Crippen LogP contribution in [0.4, 0.5) is 0 Å². The molecule has 0 radical (unpaired) electrons. The van der Waals surface area contributed by atoms with Gasteiger partial charge in [0.05, 0.1) is 6.42 Å². The maximum absolute atomic E-state index is 10.8. The summed E-state index contributed by atoms with van der Waals surface area (Å²) in [5.74, 6) is -2.98. The third kappa shape index (κ3) is 3.06. The number of rotatable bonds is 5. The van der Waals surface area contributed by atoms with Crippen LogP contribution in [0.25, 0.3) is 0 Å². The van der Waals surface area contributed by atoms with Crippen molar-refractivity contribution in [3.05, 3.63) is 35.9 Å². The van der Waals surface area contributed by atoms with E-state index in [0.717, 1.165) is 0 Å². The predicted molar refractivity (Wildman–Crippen MR) is 57.0 cm³/mol. The second-order valence-electron chi connectivity index (χ2n) is 3.48. The number of nitrogens with two attached hydrogens (primary N) is 1. The maximum Gasteiger partial charge on any atom is 0.321 e. The van der Waals surface area contributed by atoms with Crippen LogP contribution in [0.3, 0.4) is 0 Å². The zero-order valence-electron chi connectivity index (χ0n) is 8.54. The van der Waals surface area contributed by atoms with Crippen LogP contribution in [0.2, 0.25) is 0 Å². The van der Waals surface area contributed by atoms with E-state index in [1.165, 1.54) is 0 Å².